The lowest BCUT2D eigenvalue weighted by Crippen LogP contribution is -2.34. The maximum atomic E-state index is 12.3. The Labute approximate surface area is 128 Å². The zero-order valence-electron chi connectivity index (χ0n) is 12.5. The van der Waals surface area contributed by atoms with Crippen molar-refractivity contribution in [2.75, 3.05) is 0 Å². The molecule has 0 aliphatic heterocycles. The first-order valence-electron chi connectivity index (χ1n) is 7.15. The maximum absolute atomic E-state index is 12.3. The van der Waals surface area contributed by atoms with Gasteiger partial charge in [0.05, 0.1) is 0 Å². The highest BCUT2D eigenvalue weighted by molar-refractivity contribution is 5.97. The van der Waals surface area contributed by atoms with Gasteiger partial charge in [0, 0.05) is 29.9 Å². The van der Waals surface area contributed by atoms with Crippen LogP contribution in [-0.2, 0) is 6.42 Å². The highest BCUT2D eigenvalue weighted by atomic mass is 16.1. The summed E-state index contributed by atoms with van der Waals surface area (Å²) in [4.78, 5) is 16.7. The highest BCUT2D eigenvalue weighted by Gasteiger charge is 2.13. The van der Waals surface area contributed by atoms with Crippen LogP contribution in [0.3, 0.4) is 0 Å². The minimum Gasteiger partial charge on any atom is -0.349 e. The fraction of sp³-hybridized carbons (Fsp3) is 0.250. The van der Waals surface area contributed by atoms with E-state index in [1.807, 2.05) is 26.0 Å². The van der Waals surface area contributed by atoms with Gasteiger partial charge in [-0.25, -0.2) is 0 Å². The van der Waals surface area contributed by atoms with Gasteiger partial charge in [-0.2, -0.15) is 15.4 Å². The van der Waals surface area contributed by atoms with Crippen molar-refractivity contribution in [1.29, 1.82) is 0 Å². The van der Waals surface area contributed by atoms with Gasteiger partial charge in [-0.05, 0) is 43.7 Å². The zero-order chi connectivity index (χ0) is 15.5. The van der Waals surface area contributed by atoms with Crippen molar-refractivity contribution in [1.82, 2.24) is 25.7 Å². The molecule has 112 valence electrons. The number of aromatic amines is 1. The molecule has 0 aliphatic carbocycles. The molecule has 0 saturated carbocycles. The van der Waals surface area contributed by atoms with Gasteiger partial charge in [-0.15, -0.1) is 0 Å². The van der Waals surface area contributed by atoms with Crippen molar-refractivity contribution in [2.45, 2.75) is 26.3 Å². The Balaban J connectivity index is 1.69. The quantitative estimate of drug-likeness (QED) is 0.771. The highest BCUT2D eigenvalue weighted by Crippen LogP contribution is 2.11. The molecule has 2 heterocycles. The number of H-pyrrole nitrogens is 1. The molecule has 1 atom stereocenters. The molecule has 6 heteroatoms. The monoisotopic (exact) mass is 295 g/mol. The van der Waals surface area contributed by atoms with Crippen molar-refractivity contribution in [3.63, 3.8) is 0 Å². The summed E-state index contributed by atoms with van der Waals surface area (Å²) in [5.74, 6) is -0.119. The lowest BCUT2D eigenvalue weighted by atomic mass is 10.1. The number of nitrogens with zero attached hydrogens (tertiary/aromatic N) is 3. The number of benzene rings is 1. The van der Waals surface area contributed by atoms with E-state index in [1.54, 1.807) is 24.4 Å². The van der Waals surface area contributed by atoms with Crippen LogP contribution >= 0.6 is 0 Å². The van der Waals surface area contributed by atoms with Gasteiger partial charge in [0.2, 0.25) is 0 Å². The van der Waals surface area contributed by atoms with E-state index in [4.69, 9.17) is 0 Å². The van der Waals surface area contributed by atoms with Crippen LogP contribution in [0.5, 0.6) is 0 Å². The summed E-state index contributed by atoms with van der Waals surface area (Å²) in [7, 11) is 0. The van der Waals surface area contributed by atoms with E-state index in [0.717, 1.165) is 16.8 Å². The van der Waals surface area contributed by atoms with Gasteiger partial charge in [0.25, 0.3) is 5.91 Å². The number of nitrogens with one attached hydrogen (secondary N) is 2. The van der Waals surface area contributed by atoms with E-state index >= 15 is 0 Å². The molecule has 0 saturated heterocycles. The van der Waals surface area contributed by atoms with Crippen LogP contribution < -0.4 is 5.32 Å². The number of carbonyl (C=O) groups excluding carboxylic acids is 1. The maximum Gasteiger partial charge on any atom is 0.251 e. The van der Waals surface area contributed by atoms with Crippen LogP contribution in [0.2, 0.25) is 0 Å². The second kappa shape index (κ2) is 5.93. The smallest absolute Gasteiger partial charge is 0.251 e. The lowest BCUT2D eigenvalue weighted by Gasteiger charge is -2.14. The first-order chi connectivity index (χ1) is 10.6. The van der Waals surface area contributed by atoms with Gasteiger partial charge in [-0.1, -0.05) is 6.07 Å². The van der Waals surface area contributed by atoms with Gasteiger partial charge < -0.3 is 5.32 Å². The number of carbonyl (C=O) groups is 1. The Morgan fingerprint density at radius 2 is 2.09 bits per heavy atom. The molecule has 0 unspecified atom stereocenters. The van der Waals surface area contributed by atoms with E-state index in [-0.39, 0.29) is 11.9 Å². The van der Waals surface area contributed by atoms with E-state index in [0.29, 0.717) is 17.5 Å². The minimum atomic E-state index is -0.119. The van der Waals surface area contributed by atoms with Crippen molar-refractivity contribution >= 4 is 16.9 Å². The van der Waals surface area contributed by atoms with Crippen molar-refractivity contribution in [3.8, 4) is 0 Å². The summed E-state index contributed by atoms with van der Waals surface area (Å²) in [5, 5.41) is 13.5. The molecule has 0 aliphatic rings. The number of hydrogen-bond acceptors (Lipinski definition) is 4. The molecule has 1 aromatic carbocycles. The van der Waals surface area contributed by atoms with Crippen LogP contribution in [-0.4, -0.2) is 32.3 Å². The zero-order valence-corrected chi connectivity index (χ0v) is 12.5. The van der Waals surface area contributed by atoms with Gasteiger partial charge in [0.1, 0.15) is 11.0 Å². The average Bonchev–Trinajstić information content (AvgIpc) is 2.97. The van der Waals surface area contributed by atoms with E-state index in [9.17, 15) is 4.79 Å². The molecule has 0 spiro atoms. The predicted molar refractivity (Wildman–Crippen MR) is 83.5 cm³/mol. The van der Waals surface area contributed by atoms with Crippen molar-refractivity contribution in [2.24, 2.45) is 0 Å². The lowest BCUT2D eigenvalue weighted by molar-refractivity contribution is 0.0940. The summed E-state index contributed by atoms with van der Waals surface area (Å²) in [6.45, 7) is 4.00. The first-order valence-corrected chi connectivity index (χ1v) is 7.15. The second-order valence-corrected chi connectivity index (χ2v) is 5.37. The molecule has 22 heavy (non-hydrogen) atoms. The Hall–Kier alpha value is -2.76. The molecule has 0 bridgehead atoms. The van der Waals surface area contributed by atoms with Crippen LogP contribution in [0.4, 0.5) is 0 Å². The molecule has 3 aromatic rings. The summed E-state index contributed by atoms with van der Waals surface area (Å²) in [6, 6.07) is 9.19. The molecule has 2 N–H and O–H groups in total. The predicted octanol–water partition coefficient (Wildman–Crippen LogP) is 2.02. The standard InChI is InChI=1S/C16H17N5O/c1-10-4-3-7-17-14(10)8-11(2)18-16(22)12-5-6-13-15(9-12)20-21-19-13/h3-7,9,11H,8H2,1-2H3,(H,18,22)(H,19,20,21)/t11-/m0/s1. The van der Waals surface area contributed by atoms with Gasteiger partial charge in [-0.3, -0.25) is 9.78 Å². The Morgan fingerprint density at radius 3 is 2.91 bits per heavy atom. The normalized spacial score (nSPS) is 12.3. The summed E-state index contributed by atoms with van der Waals surface area (Å²) in [6.07, 6.45) is 2.47. The number of rotatable bonds is 4. The summed E-state index contributed by atoms with van der Waals surface area (Å²) < 4.78 is 0. The van der Waals surface area contributed by atoms with Crippen LogP contribution in [0.1, 0.15) is 28.5 Å². The van der Waals surface area contributed by atoms with Gasteiger partial charge in [0.15, 0.2) is 0 Å². The number of fused-ring (bicyclic) bond motifs is 1. The van der Waals surface area contributed by atoms with Crippen LogP contribution in [0.25, 0.3) is 11.0 Å². The Bertz CT molecular complexity index is 811. The summed E-state index contributed by atoms with van der Waals surface area (Å²) >= 11 is 0. The number of pyridine rings is 1. The first kappa shape index (κ1) is 14.2. The SMILES string of the molecule is Cc1cccnc1C[C@H](C)NC(=O)c1ccc2n[nH]nc2c1. The third kappa shape index (κ3) is 2.95. The Kier molecular flexibility index (Phi) is 3.82. The summed E-state index contributed by atoms with van der Waals surface area (Å²) in [5.41, 5.74) is 4.13. The van der Waals surface area contributed by atoms with Crippen LogP contribution in [0, 0.1) is 6.92 Å². The van der Waals surface area contributed by atoms with E-state index < -0.39 is 0 Å². The van der Waals surface area contributed by atoms with Gasteiger partial charge >= 0.3 is 0 Å². The molecule has 2 aromatic heterocycles. The number of amides is 1. The molecular weight excluding hydrogens is 278 g/mol. The molecular formula is C16H17N5O. The Morgan fingerprint density at radius 1 is 1.27 bits per heavy atom. The molecule has 6 nitrogen and oxygen atoms in total. The van der Waals surface area contributed by atoms with Crippen molar-refractivity contribution in [3.05, 3.63) is 53.3 Å². The van der Waals surface area contributed by atoms with Crippen LogP contribution in [0.15, 0.2) is 36.5 Å². The van der Waals surface area contributed by atoms with Crippen molar-refractivity contribution < 1.29 is 4.79 Å². The fourth-order valence-corrected chi connectivity index (χ4v) is 2.36. The largest absolute Gasteiger partial charge is 0.349 e. The second-order valence-electron chi connectivity index (χ2n) is 5.37. The number of aryl methyl sites for hydroxylation is 1. The average molecular weight is 295 g/mol. The van der Waals surface area contributed by atoms with E-state index in [2.05, 4.69) is 25.7 Å². The van der Waals surface area contributed by atoms with E-state index in [1.165, 1.54) is 0 Å². The number of aromatic nitrogens is 4. The third-order valence-corrected chi connectivity index (χ3v) is 3.57. The fourth-order valence-electron chi connectivity index (χ4n) is 2.36. The molecule has 3 rings (SSSR count). The molecule has 1 amide bonds. The molecule has 0 radical (unpaired) electrons. The third-order valence-electron chi connectivity index (χ3n) is 3.57. The topological polar surface area (TPSA) is 83.6 Å². The minimum absolute atomic E-state index is 0.00546. The number of hydrogen-bond donors (Lipinski definition) is 2. The molecule has 0 fully saturated rings.